The Balaban J connectivity index is 1.22. The second-order valence-electron chi connectivity index (χ2n) is 20.0. The third-order valence-corrected chi connectivity index (χ3v) is 17.7. The largest absolute Gasteiger partial charge is 0.481 e. The number of hydrogen-bond acceptors (Lipinski definition) is 5. The van der Waals surface area contributed by atoms with Crippen LogP contribution in [-0.4, -0.2) is 59.2 Å². The van der Waals surface area contributed by atoms with E-state index in [1.54, 1.807) is 0 Å². The number of thioether (sulfide) groups is 1. The number of carboxylic acid groups (broad SMARTS) is 1. The highest BCUT2D eigenvalue weighted by molar-refractivity contribution is 7.99. The van der Waals surface area contributed by atoms with Crippen LogP contribution in [0, 0.1) is 62.1 Å². The summed E-state index contributed by atoms with van der Waals surface area (Å²) in [5, 5.41) is 9.34. The molecule has 5 aliphatic carbocycles. The lowest BCUT2D eigenvalue weighted by Gasteiger charge is -2.73. The van der Waals surface area contributed by atoms with Crippen LogP contribution < -0.4 is 0 Å². The molecular weight excluding hydrogens is 615 g/mol. The van der Waals surface area contributed by atoms with E-state index in [2.05, 4.69) is 64.8 Å². The molecule has 0 radical (unpaired) electrons. The zero-order chi connectivity index (χ0) is 34.9. The zero-order valence-corrected chi connectivity index (χ0v) is 32.7. The highest BCUT2D eigenvalue weighted by Gasteiger charge is 2.71. The number of carbonyl (C=O) groups is 2. The Labute approximate surface area is 297 Å². The molecule has 1 saturated heterocycles. The van der Waals surface area contributed by atoms with E-state index in [-0.39, 0.29) is 35.7 Å². The SMILES string of the molecule is C=C(C)[C@@H]1CC[C@]2(CCN3CCSCC3)CC[C@]3(C)[C@H](CC[C@@H]4[C@@]5(C)CC[C@H](OC(=O)CC(C)(C)CC(=O)O)C(C)(C)[C@@H]5CC[C@]43C)[C@@H]12. The number of ether oxygens (including phenoxy) is 1. The van der Waals surface area contributed by atoms with Crippen molar-refractivity contribution in [2.45, 2.75) is 145 Å². The third kappa shape index (κ3) is 6.05. The third-order valence-electron chi connectivity index (χ3n) is 16.7. The number of allylic oxidation sites excluding steroid dienone is 1. The predicted molar refractivity (Wildman–Crippen MR) is 198 cm³/mol. The van der Waals surface area contributed by atoms with Crippen LogP contribution in [0.25, 0.3) is 0 Å². The Morgan fingerprint density at radius 3 is 2.25 bits per heavy atom. The number of rotatable bonds is 9. The molecule has 1 heterocycles. The van der Waals surface area contributed by atoms with Gasteiger partial charge in [-0.25, -0.2) is 0 Å². The normalized spacial score (nSPS) is 44.1. The summed E-state index contributed by atoms with van der Waals surface area (Å²) in [5.41, 5.74) is 2.13. The number of hydrogen-bond donors (Lipinski definition) is 1. The number of carbonyl (C=O) groups excluding carboxylic acids is 1. The van der Waals surface area contributed by atoms with Gasteiger partial charge in [0.1, 0.15) is 6.10 Å². The van der Waals surface area contributed by atoms with Crippen LogP contribution >= 0.6 is 11.8 Å². The summed E-state index contributed by atoms with van der Waals surface area (Å²) >= 11 is 2.13. The maximum atomic E-state index is 13.2. The topological polar surface area (TPSA) is 66.8 Å². The van der Waals surface area contributed by atoms with E-state index in [0.29, 0.717) is 34.0 Å². The smallest absolute Gasteiger partial charge is 0.306 e. The molecule has 0 aromatic carbocycles. The summed E-state index contributed by atoms with van der Waals surface area (Å²) in [5.74, 6) is 4.97. The maximum Gasteiger partial charge on any atom is 0.306 e. The number of fused-ring (bicyclic) bond motifs is 7. The molecule has 0 aromatic rings. The fourth-order valence-corrected chi connectivity index (χ4v) is 15.1. The van der Waals surface area contributed by atoms with Crippen molar-refractivity contribution >= 4 is 23.7 Å². The van der Waals surface area contributed by atoms with Gasteiger partial charge in [-0.3, -0.25) is 9.59 Å². The van der Waals surface area contributed by atoms with E-state index in [9.17, 15) is 14.7 Å². The highest BCUT2D eigenvalue weighted by Crippen LogP contribution is 2.78. The molecule has 272 valence electrons. The molecule has 1 N–H and O–H groups in total. The van der Waals surface area contributed by atoms with Crippen molar-refractivity contribution in [1.82, 2.24) is 4.90 Å². The van der Waals surface area contributed by atoms with Gasteiger partial charge in [0, 0.05) is 30.0 Å². The maximum absolute atomic E-state index is 13.2. The van der Waals surface area contributed by atoms with Gasteiger partial charge in [-0.15, -0.1) is 0 Å². The van der Waals surface area contributed by atoms with Gasteiger partial charge in [0.15, 0.2) is 0 Å². The van der Waals surface area contributed by atoms with Crippen LogP contribution in [0.15, 0.2) is 12.2 Å². The van der Waals surface area contributed by atoms with E-state index in [1.807, 2.05) is 13.8 Å². The number of esters is 1. The molecule has 0 unspecified atom stereocenters. The lowest BCUT2D eigenvalue weighted by Crippen LogP contribution is -2.66. The van der Waals surface area contributed by atoms with Crippen molar-refractivity contribution < 1.29 is 19.4 Å². The molecule has 10 atom stereocenters. The van der Waals surface area contributed by atoms with Crippen molar-refractivity contribution in [3.05, 3.63) is 12.2 Å². The molecule has 0 bridgehead atoms. The van der Waals surface area contributed by atoms with E-state index in [1.165, 1.54) is 94.5 Å². The van der Waals surface area contributed by atoms with Gasteiger partial charge in [-0.05, 0) is 141 Å². The van der Waals surface area contributed by atoms with Crippen LogP contribution in [0.2, 0.25) is 0 Å². The summed E-state index contributed by atoms with van der Waals surface area (Å²) in [7, 11) is 0. The second kappa shape index (κ2) is 12.9. The highest BCUT2D eigenvalue weighted by atomic mass is 32.2. The zero-order valence-electron chi connectivity index (χ0n) is 31.9. The van der Waals surface area contributed by atoms with Gasteiger partial charge in [0.2, 0.25) is 0 Å². The first-order valence-corrected chi connectivity index (χ1v) is 20.9. The van der Waals surface area contributed by atoms with Gasteiger partial charge >= 0.3 is 11.9 Å². The summed E-state index contributed by atoms with van der Waals surface area (Å²) in [6.07, 6.45) is 14.2. The number of nitrogens with zero attached hydrogens (tertiary/aromatic N) is 1. The van der Waals surface area contributed by atoms with Gasteiger partial charge < -0.3 is 14.7 Å². The molecule has 0 amide bonds. The quantitative estimate of drug-likeness (QED) is 0.193. The minimum Gasteiger partial charge on any atom is -0.481 e. The lowest BCUT2D eigenvalue weighted by molar-refractivity contribution is -0.250. The molecule has 0 spiro atoms. The summed E-state index contributed by atoms with van der Waals surface area (Å²) in [6, 6.07) is 0. The van der Waals surface area contributed by atoms with Gasteiger partial charge in [-0.1, -0.05) is 60.6 Å². The van der Waals surface area contributed by atoms with Crippen molar-refractivity contribution in [3.8, 4) is 0 Å². The van der Waals surface area contributed by atoms with Crippen LogP contribution in [0.4, 0.5) is 0 Å². The fourth-order valence-electron chi connectivity index (χ4n) is 14.2. The minimum absolute atomic E-state index is 0.0242. The molecule has 6 heteroatoms. The van der Waals surface area contributed by atoms with Crippen molar-refractivity contribution in [3.63, 3.8) is 0 Å². The molecule has 1 aliphatic heterocycles. The van der Waals surface area contributed by atoms with Crippen molar-refractivity contribution in [2.75, 3.05) is 31.1 Å². The molecule has 6 fully saturated rings. The van der Waals surface area contributed by atoms with Crippen LogP contribution in [-0.2, 0) is 14.3 Å². The number of aliphatic carboxylic acids is 1. The van der Waals surface area contributed by atoms with Crippen molar-refractivity contribution in [1.29, 1.82) is 0 Å². The fraction of sp³-hybridized carbons (Fsp3) is 0.905. The van der Waals surface area contributed by atoms with Gasteiger partial charge in [-0.2, -0.15) is 11.8 Å². The summed E-state index contributed by atoms with van der Waals surface area (Å²) in [4.78, 5) is 27.4. The monoisotopic (exact) mass is 683 g/mol. The van der Waals surface area contributed by atoms with Crippen LogP contribution in [0.5, 0.6) is 0 Å². The first-order chi connectivity index (χ1) is 22.4. The minimum atomic E-state index is -0.862. The van der Waals surface area contributed by atoms with Crippen LogP contribution in [0.1, 0.15) is 139 Å². The Kier molecular flexibility index (Phi) is 9.87. The standard InChI is InChI=1S/C42H69NO4S/c1-28(2)29-12-17-42(20-21-43-22-24-48-25-23-43)19-18-40(8)30(36(29)42)10-11-32-39(7)15-14-33(38(5,6)31(39)13-16-41(32,40)9)47-35(46)27-37(3,4)26-34(44)45/h29-33,36H,1,10-27H2,2-9H3,(H,44,45)/t29-,30+,31-,32+,33-,36+,39-,40+,41+,42+/m0/s1. The molecular formula is C42H69NO4S. The lowest BCUT2D eigenvalue weighted by atomic mass is 9.32. The van der Waals surface area contributed by atoms with Gasteiger partial charge in [0.25, 0.3) is 0 Å². The predicted octanol–water partition coefficient (Wildman–Crippen LogP) is 9.89. The van der Waals surface area contributed by atoms with E-state index >= 15 is 0 Å². The Morgan fingerprint density at radius 2 is 1.58 bits per heavy atom. The van der Waals surface area contributed by atoms with Crippen molar-refractivity contribution in [2.24, 2.45) is 62.1 Å². The molecule has 5 nitrogen and oxygen atoms in total. The molecule has 48 heavy (non-hydrogen) atoms. The average Bonchev–Trinajstić information content (AvgIpc) is 3.38. The average molecular weight is 684 g/mol. The molecule has 5 saturated carbocycles. The Bertz CT molecular complexity index is 1260. The number of carboxylic acids is 1. The first kappa shape index (κ1) is 36.8. The van der Waals surface area contributed by atoms with E-state index < -0.39 is 11.4 Å². The summed E-state index contributed by atoms with van der Waals surface area (Å²) in [6.45, 7) is 27.4. The summed E-state index contributed by atoms with van der Waals surface area (Å²) < 4.78 is 6.30. The van der Waals surface area contributed by atoms with Gasteiger partial charge in [0.05, 0.1) is 12.8 Å². The van der Waals surface area contributed by atoms with E-state index in [0.717, 1.165) is 24.7 Å². The molecule has 6 aliphatic rings. The first-order valence-electron chi connectivity index (χ1n) is 19.8. The second-order valence-corrected chi connectivity index (χ2v) is 21.2. The van der Waals surface area contributed by atoms with Crippen LogP contribution in [0.3, 0.4) is 0 Å². The molecule has 6 rings (SSSR count). The van der Waals surface area contributed by atoms with E-state index in [4.69, 9.17) is 4.74 Å². The Morgan fingerprint density at radius 1 is 0.875 bits per heavy atom. The molecule has 0 aromatic heterocycles. The Hall–Kier alpha value is -1.01.